The molecule has 0 aliphatic carbocycles. The molecule has 1 fully saturated rings. The number of aromatic amines is 1. The monoisotopic (exact) mass is 520 g/mol. The smallest absolute Gasteiger partial charge is 0.256 e. The molecule has 39 heavy (non-hydrogen) atoms. The van der Waals surface area contributed by atoms with Gasteiger partial charge in [-0.15, -0.1) is 0 Å². The van der Waals surface area contributed by atoms with Gasteiger partial charge >= 0.3 is 0 Å². The highest BCUT2D eigenvalue weighted by Gasteiger charge is 2.20. The van der Waals surface area contributed by atoms with E-state index in [0.717, 1.165) is 49.5 Å². The van der Waals surface area contributed by atoms with Gasteiger partial charge in [-0.2, -0.15) is 0 Å². The first-order chi connectivity index (χ1) is 18.9. The average molecular weight is 521 g/mol. The minimum absolute atomic E-state index is 0.0777. The summed E-state index contributed by atoms with van der Waals surface area (Å²) in [6.45, 7) is 13.8. The largest absolute Gasteiger partial charge is 0.369 e. The maximum atomic E-state index is 13.6. The average Bonchev–Trinajstić information content (AvgIpc) is 3.46. The Morgan fingerprint density at radius 3 is 2.15 bits per heavy atom. The van der Waals surface area contributed by atoms with Gasteiger partial charge in [0.2, 0.25) is 0 Å². The van der Waals surface area contributed by atoms with Crippen molar-refractivity contribution in [1.29, 1.82) is 0 Å². The van der Waals surface area contributed by atoms with Crippen LogP contribution >= 0.6 is 0 Å². The molecule has 1 saturated heterocycles. The second-order valence-electron chi connectivity index (χ2n) is 11.2. The molecule has 1 amide bonds. The van der Waals surface area contributed by atoms with Gasteiger partial charge in [-0.05, 0) is 76.6 Å². The number of carbonyl (C=O) groups is 1. The van der Waals surface area contributed by atoms with Crippen molar-refractivity contribution in [2.45, 2.75) is 46.1 Å². The fourth-order valence-electron chi connectivity index (χ4n) is 5.42. The minimum atomic E-state index is -0.0777. The number of nitrogens with one attached hydrogen (secondary N) is 2. The van der Waals surface area contributed by atoms with E-state index in [-0.39, 0.29) is 5.91 Å². The summed E-state index contributed by atoms with van der Waals surface area (Å²) >= 11 is 0. The lowest BCUT2D eigenvalue weighted by Gasteiger charge is -2.36. The van der Waals surface area contributed by atoms with Gasteiger partial charge in [0.1, 0.15) is 0 Å². The van der Waals surface area contributed by atoms with Crippen LogP contribution in [0.15, 0.2) is 85.1 Å². The Balaban J connectivity index is 1.28. The van der Waals surface area contributed by atoms with E-state index in [1.54, 1.807) is 0 Å². The van der Waals surface area contributed by atoms with E-state index in [2.05, 4.69) is 102 Å². The van der Waals surface area contributed by atoms with Gasteiger partial charge in [-0.1, -0.05) is 64.1 Å². The number of benzene rings is 3. The molecule has 1 aliphatic heterocycles. The van der Waals surface area contributed by atoms with E-state index in [0.29, 0.717) is 17.4 Å². The predicted octanol–water partition coefficient (Wildman–Crippen LogP) is 7.50. The van der Waals surface area contributed by atoms with Crippen LogP contribution in [-0.2, 0) is 6.54 Å². The van der Waals surface area contributed by atoms with Crippen molar-refractivity contribution in [3.05, 3.63) is 107 Å². The van der Waals surface area contributed by atoms with E-state index < -0.39 is 0 Å². The molecule has 0 radical (unpaired) electrons. The van der Waals surface area contributed by atoms with Gasteiger partial charge in [0.25, 0.3) is 5.91 Å². The lowest BCUT2D eigenvalue weighted by Crippen LogP contribution is -2.46. The summed E-state index contributed by atoms with van der Waals surface area (Å²) in [4.78, 5) is 21.8. The maximum Gasteiger partial charge on any atom is 0.256 e. The minimum Gasteiger partial charge on any atom is -0.369 e. The zero-order valence-corrected chi connectivity index (χ0v) is 23.6. The number of aromatic nitrogens is 1. The molecule has 0 bridgehead atoms. The van der Waals surface area contributed by atoms with Crippen molar-refractivity contribution in [3.8, 4) is 11.1 Å². The van der Waals surface area contributed by atoms with Crippen LogP contribution in [0.4, 0.5) is 11.4 Å². The Kier molecular flexibility index (Phi) is 8.18. The molecule has 0 atom stereocenters. The number of nitrogens with zero attached hydrogens (tertiary/aromatic N) is 2. The first kappa shape index (κ1) is 26.8. The van der Waals surface area contributed by atoms with Gasteiger partial charge in [0, 0.05) is 61.6 Å². The molecule has 0 saturated carbocycles. The van der Waals surface area contributed by atoms with Crippen LogP contribution in [0.3, 0.4) is 0 Å². The van der Waals surface area contributed by atoms with Gasteiger partial charge in [0.05, 0.1) is 0 Å². The molecule has 2 N–H and O–H groups in total. The quantitative estimate of drug-likeness (QED) is 0.253. The van der Waals surface area contributed by atoms with Crippen molar-refractivity contribution in [3.63, 3.8) is 0 Å². The van der Waals surface area contributed by atoms with Crippen molar-refractivity contribution < 1.29 is 4.79 Å². The Labute approximate surface area is 232 Å². The number of amides is 1. The van der Waals surface area contributed by atoms with Crippen LogP contribution in [0, 0.1) is 0 Å². The lowest BCUT2D eigenvalue weighted by atomic mass is 9.87. The Bertz CT molecular complexity index is 1360. The lowest BCUT2D eigenvalue weighted by molar-refractivity contribution is 0.102. The molecule has 5 rings (SSSR count). The third kappa shape index (κ3) is 6.26. The molecule has 0 spiro atoms. The van der Waals surface area contributed by atoms with Crippen molar-refractivity contribution in [2.75, 3.05) is 36.4 Å². The summed E-state index contributed by atoms with van der Waals surface area (Å²) in [5, 5.41) is 3.16. The highest BCUT2D eigenvalue weighted by Crippen LogP contribution is 2.34. The standard InChI is InChI=1S/C34H40N4O/c1-24(2)26-10-12-27(13-11-26)33-31(25(3)4)8-5-9-32(33)34(39)36-28-14-16-30(17-15-28)38-21-19-37(20-22-38)23-29-7-6-18-35-29/h5-18,24-25,35H,19-23H2,1-4H3,(H,36,39). The Hall–Kier alpha value is -3.83. The van der Waals surface area contributed by atoms with Crippen molar-refractivity contribution in [2.24, 2.45) is 0 Å². The summed E-state index contributed by atoms with van der Waals surface area (Å²) < 4.78 is 0. The number of rotatable bonds is 8. The molecule has 5 heteroatoms. The predicted molar refractivity (Wildman–Crippen MR) is 163 cm³/mol. The molecule has 3 aromatic carbocycles. The first-order valence-electron chi connectivity index (χ1n) is 14.1. The van der Waals surface area contributed by atoms with E-state index in [1.165, 1.54) is 22.5 Å². The summed E-state index contributed by atoms with van der Waals surface area (Å²) in [5.74, 6) is 0.699. The van der Waals surface area contributed by atoms with Crippen LogP contribution in [0.5, 0.6) is 0 Å². The fourth-order valence-corrected chi connectivity index (χ4v) is 5.42. The van der Waals surface area contributed by atoms with Crippen molar-refractivity contribution in [1.82, 2.24) is 9.88 Å². The highest BCUT2D eigenvalue weighted by atomic mass is 16.1. The van der Waals surface area contributed by atoms with Crippen molar-refractivity contribution >= 4 is 17.3 Å². The number of carbonyl (C=O) groups excluding carboxylic acids is 1. The third-order valence-electron chi connectivity index (χ3n) is 7.75. The molecule has 0 unspecified atom stereocenters. The van der Waals surface area contributed by atoms with Gasteiger partial charge in [-0.3, -0.25) is 9.69 Å². The molecule has 1 aromatic heterocycles. The van der Waals surface area contributed by atoms with E-state index in [9.17, 15) is 4.79 Å². The van der Waals surface area contributed by atoms with E-state index in [4.69, 9.17) is 0 Å². The van der Waals surface area contributed by atoms with Gasteiger partial charge < -0.3 is 15.2 Å². The summed E-state index contributed by atoms with van der Waals surface area (Å²) in [6, 6.07) is 27.2. The first-order valence-corrected chi connectivity index (χ1v) is 14.1. The topological polar surface area (TPSA) is 51.4 Å². The molecule has 5 nitrogen and oxygen atoms in total. The molecular weight excluding hydrogens is 480 g/mol. The molecular formula is C34H40N4O. The number of anilines is 2. The molecule has 4 aromatic rings. The van der Waals surface area contributed by atoms with E-state index in [1.807, 2.05) is 30.5 Å². The highest BCUT2D eigenvalue weighted by molar-refractivity contribution is 6.09. The zero-order chi connectivity index (χ0) is 27.4. The fraction of sp³-hybridized carbons (Fsp3) is 0.324. The maximum absolute atomic E-state index is 13.6. The third-order valence-corrected chi connectivity index (χ3v) is 7.75. The number of hydrogen-bond donors (Lipinski definition) is 2. The number of hydrogen-bond acceptors (Lipinski definition) is 3. The zero-order valence-electron chi connectivity index (χ0n) is 23.6. The summed E-state index contributed by atoms with van der Waals surface area (Å²) in [7, 11) is 0. The van der Waals surface area contributed by atoms with Crippen LogP contribution in [0.2, 0.25) is 0 Å². The Morgan fingerprint density at radius 2 is 1.54 bits per heavy atom. The molecule has 202 valence electrons. The second-order valence-corrected chi connectivity index (χ2v) is 11.2. The van der Waals surface area contributed by atoms with E-state index >= 15 is 0 Å². The summed E-state index contributed by atoms with van der Waals surface area (Å²) in [6.07, 6.45) is 1.98. The van der Waals surface area contributed by atoms with Crippen LogP contribution in [0.25, 0.3) is 11.1 Å². The summed E-state index contributed by atoms with van der Waals surface area (Å²) in [5.41, 5.74) is 8.57. The van der Waals surface area contributed by atoms with Crippen LogP contribution < -0.4 is 10.2 Å². The normalized spacial score (nSPS) is 14.3. The molecule has 1 aliphatic rings. The number of H-pyrrole nitrogens is 1. The van der Waals surface area contributed by atoms with Crippen LogP contribution in [0.1, 0.15) is 66.7 Å². The molecule has 2 heterocycles. The van der Waals surface area contributed by atoms with Gasteiger partial charge in [-0.25, -0.2) is 0 Å². The van der Waals surface area contributed by atoms with Gasteiger partial charge in [0.15, 0.2) is 0 Å². The Morgan fingerprint density at radius 1 is 0.821 bits per heavy atom. The number of piperazine rings is 1. The second kappa shape index (κ2) is 11.9. The van der Waals surface area contributed by atoms with Crippen LogP contribution in [-0.4, -0.2) is 42.0 Å². The SMILES string of the molecule is CC(C)c1ccc(-c2c(C(=O)Nc3ccc(N4CCN(Cc5ccc[nH]5)CC4)cc3)cccc2C(C)C)cc1.